The SMILES string of the molecule is CNC(=O)c1c(-c2ccc(F)cc2)oc2cc(N(C)S(C)=O)c([C@H]3CCCN(C(=O)c4cc5cc(F)ccc5[nH]4)C3)cc12. The average molecular weight is 605 g/mol. The second-order valence-corrected chi connectivity index (χ2v) is 12.1. The van der Waals surface area contributed by atoms with Crippen molar-refractivity contribution < 1.29 is 27.0 Å². The molecule has 6 rings (SSSR count). The highest BCUT2D eigenvalue weighted by Crippen LogP contribution is 2.42. The van der Waals surface area contributed by atoms with Crippen LogP contribution in [-0.4, -0.2) is 59.3 Å². The van der Waals surface area contributed by atoms with Gasteiger partial charge in [-0.2, -0.15) is 0 Å². The van der Waals surface area contributed by atoms with Crippen LogP contribution in [-0.2, 0) is 11.0 Å². The fourth-order valence-electron chi connectivity index (χ4n) is 5.85. The third-order valence-corrected chi connectivity index (χ3v) is 9.05. The number of benzene rings is 3. The lowest BCUT2D eigenvalue weighted by Crippen LogP contribution is -2.39. The number of anilines is 1. The number of likely N-dealkylation sites (tertiary alicyclic amines) is 1. The number of aromatic amines is 1. The molecule has 1 aliphatic heterocycles. The van der Waals surface area contributed by atoms with Gasteiger partial charge in [-0.05, 0) is 73.0 Å². The zero-order valence-electron chi connectivity index (χ0n) is 23.9. The summed E-state index contributed by atoms with van der Waals surface area (Å²) in [6, 6.07) is 15.4. The molecule has 5 aromatic rings. The molecule has 222 valence electrons. The third kappa shape index (κ3) is 5.29. The number of aromatic nitrogens is 1. The van der Waals surface area contributed by atoms with Crippen LogP contribution in [0, 0.1) is 11.6 Å². The zero-order valence-corrected chi connectivity index (χ0v) is 24.7. The van der Waals surface area contributed by atoms with E-state index in [2.05, 4.69) is 10.3 Å². The van der Waals surface area contributed by atoms with Crippen LogP contribution < -0.4 is 9.62 Å². The minimum atomic E-state index is -1.37. The van der Waals surface area contributed by atoms with Gasteiger partial charge in [0.05, 0.1) is 11.3 Å². The molecule has 0 bridgehead atoms. The van der Waals surface area contributed by atoms with Crippen LogP contribution in [0.4, 0.5) is 14.5 Å². The number of furan rings is 1. The van der Waals surface area contributed by atoms with Crippen molar-refractivity contribution in [2.24, 2.45) is 0 Å². The van der Waals surface area contributed by atoms with Gasteiger partial charge in [0.2, 0.25) is 0 Å². The van der Waals surface area contributed by atoms with E-state index < -0.39 is 16.8 Å². The highest BCUT2D eigenvalue weighted by molar-refractivity contribution is 7.85. The highest BCUT2D eigenvalue weighted by Gasteiger charge is 2.31. The molecule has 1 saturated heterocycles. The Hall–Kier alpha value is -4.51. The Morgan fingerprint density at radius 1 is 1.07 bits per heavy atom. The first-order chi connectivity index (χ1) is 20.6. The van der Waals surface area contributed by atoms with Crippen LogP contribution in [0.3, 0.4) is 0 Å². The molecule has 2 amide bonds. The minimum absolute atomic E-state index is 0.133. The molecule has 1 aliphatic rings. The van der Waals surface area contributed by atoms with Crippen molar-refractivity contribution in [3.63, 3.8) is 0 Å². The fourth-order valence-corrected chi connectivity index (χ4v) is 6.28. The standard InChI is InChI=1S/C32H30F2N4O4S/c1-35-31(39)29-24-15-23(27(37(2)43(3)41)16-28(24)42-30(29)18-6-8-21(33)9-7-18)19-5-4-12-38(17-19)32(40)26-14-20-13-22(34)10-11-25(20)36-26/h6-11,13-16,19,36H,4-5,12,17H2,1-3H3,(H,35,39)/t19-,43?/m0/s1. The minimum Gasteiger partial charge on any atom is -0.455 e. The maximum Gasteiger partial charge on any atom is 0.270 e. The van der Waals surface area contributed by atoms with Crippen LogP contribution >= 0.6 is 0 Å². The van der Waals surface area contributed by atoms with Gasteiger partial charge in [-0.3, -0.25) is 13.9 Å². The summed E-state index contributed by atoms with van der Waals surface area (Å²) < 4.78 is 48.0. The number of piperidine rings is 1. The molecule has 1 fully saturated rings. The number of H-pyrrole nitrogens is 1. The monoisotopic (exact) mass is 604 g/mol. The predicted molar refractivity (Wildman–Crippen MR) is 164 cm³/mol. The van der Waals surface area contributed by atoms with Crippen molar-refractivity contribution in [3.8, 4) is 11.3 Å². The van der Waals surface area contributed by atoms with Crippen molar-refractivity contribution in [1.82, 2.24) is 15.2 Å². The van der Waals surface area contributed by atoms with Gasteiger partial charge < -0.3 is 19.6 Å². The largest absolute Gasteiger partial charge is 0.455 e. The van der Waals surface area contributed by atoms with E-state index in [1.54, 1.807) is 52.8 Å². The topological polar surface area (TPSA) is 98.7 Å². The summed E-state index contributed by atoms with van der Waals surface area (Å²) in [6.45, 7) is 0.944. The van der Waals surface area contributed by atoms with Crippen molar-refractivity contribution in [3.05, 3.63) is 89.1 Å². The lowest BCUT2D eigenvalue weighted by atomic mass is 9.88. The van der Waals surface area contributed by atoms with E-state index in [0.29, 0.717) is 63.2 Å². The van der Waals surface area contributed by atoms with Gasteiger partial charge in [0.1, 0.15) is 39.7 Å². The molecular formula is C32H30F2N4O4S. The van der Waals surface area contributed by atoms with Crippen molar-refractivity contribution >= 4 is 50.4 Å². The second-order valence-electron chi connectivity index (χ2n) is 10.7. The van der Waals surface area contributed by atoms with E-state index in [1.165, 1.54) is 31.3 Å². The van der Waals surface area contributed by atoms with Crippen LogP contribution in [0.5, 0.6) is 0 Å². The predicted octanol–water partition coefficient (Wildman–Crippen LogP) is 5.97. The van der Waals surface area contributed by atoms with Crippen LogP contribution in [0.15, 0.2) is 65.1 Å². The Morgan fingerprint density at radius 2 is 1.81 bits per heavy atom. The maximum atomic E-state index is 13.7. The van der Waals surface area contributed by atoms with E-state index in [1.807, 2.05) is 6.07 Å². The Kier molecular flexibility index (Phi) is 7.51. The number of halogens is 2. The quantitative estimate of drug-likeness (QED) is 0.250. The van der Waals surface area contributed by atoms with Crippen molar-refractivity contribution in [2.45, 2.75) is 18.8 Å². The van der Waals surface area contributed by atoms with Crippen LogP contribution in [0.2, 0.25) is 0 Å². The number of amides is 2. The zero-order chi connectivity index (χ0) is 30.4. The average Bonchev–Trinajstić information content (AvgIpc) is 3.60. The van der Waals surface area contributed by atoms with Gasteiger partial charge in [0.15, 0.2) is 0 Å². The smallest absolute Gasteiger partial charge is 0.270 e. The van der Waals surface area contributed by atoms with Crippen LogP contribution in [0.25, 0.3) is 33.2 Å². The van der Waals surface area contributed by atoms with E-state index in [0.717, 1.165) is 18.4 Å². The van der Waals surface area contributed by atoms with E-state index in [4.69, 9.17) is 4.42 Å². The number of fused-ring (bicyclic) bond motifs is 2. The van der Waals surface area contributed by atoms with Crippen molar-refractivity contribution in [1.29, 1.82) is 0 Å². The molecule has 0 spiro atoms. The van der Waals surface area contributed by atoms with Gasteiger partial charge in [-0.25, -0.2) is 13.0 Å². The number of rotatable bonds is 6. The maximum absolute atomic E-state index is 13.7. The Bertz CT molecular complexity index is 1900. The van der Waals surface area contributed by atoms with E-state index >= 15 is 0 Å². The lowest BCUT2D eigenvalue weighted by molar-refractivity contribution is 0.0702. The summed E-state index contributed by atoms with van der Waals surface area (Å²) in [4.78, 5) is 31.6. The number of hydrogen-bond acceptors (Lipinski definition) is 4. The van der Waals surface area contributed by atoms with E-state index in [-0.39, 0.29) is 23.5 Å². The first-order valence-electron chi connectivity index (χ1n) is 13.9. The molecule has 2 N–H and O–H groups in total. The molecule has 3 aromatic carbocycles. The summed E-state index contributed by atoms with van der Waals surface area (Å²) >= 11 is 0. The van der Waals surface area contributed by atoms with E-state index in [9.17, 15) is 22.6 Å². The van der Waals surface area contributed by atoms with Gasteiger partial charge in [0, 0.05) is 67.3 Å². The molecular weight excluding hydrogens is 574 g/mol. The summed E-state index contributed by atoms with van der Waals surface area (Å²) in [5.74, 6) is -1.17. The number of nitrogens with zero attached hydrogens (tertiary/aromatic N) is 2. The molecule has 1 unspecified atom stereocenters. The summed E-state index contributed by atoms with van der Waals surface area (Å²) in [7, 11) is 1.88. The lowest BCUT2D eigenvalue weighted by Gasteiger charge is -2.34. The molecule has 43 heavy (non-hydrogen) atoms. The van der Waals surface area contributed by atoms with Crippen LogP contribution in [0.1, 0.15) is 45.2 Å². The molecule has 11 heteroatoms. The highest BCUT2D eigenvalue weighted by atomic mass is 32.2. The number of carbonyl (C=O) groups excluding carboxylic acids is 2. The Morgan fingerprint density at radius 3 is 2.53 bits per heavy atom. The second kappa shape index (κ2) is 11.3. The molecule has 0 saturated carbocycles. The summed E-state index contributed by atoms with van der Waals surface area (Å²) in [5, 5.41) is 3.86. The molecule has 0 aliphatic carbocycles. The first-order valence-corrected chi connectivity index (χ1v) is 15.4. The molecule has 2 aromatic heterocycles. The molecule has 0 radical (unpaired) electrons. The third-order valence-electron chi connectivity index (χ3n) is 8.08. The number of hydrogen-bond donors (Lipinski definition) is 2. The van der Waals surface area contributed by atoms with Gasteiger partial charge in [-0.15, -0.1) is 0 Å². The van der Waals surface area contributed by atoms with Gasteiger partial charge in [0.25, 0.3) is 11.8 Å². The van der Waals surface area contributed by atoms with Gasteiger partial charge >= 0.3 is 0 Å². The first kappa shape index (κ1) is 28.6. The number of nitrogens with one attached hydrogen (secondary N) is 2. The Labute approximate surface area is 249 Å². The van der Waals surface area contributed by atoms with Crippen molar-refractivity contribution in [2.75, 3.05) is 37.7 Å². The van der Waals surface area contributed by atoms with Gasteiger partial charge in [-0.1, -0.05) is 0 Å². The fraction of sp³-hybridized carbons (Fsp3) is 0.250. The molecule has 3 heterocycles. The summed E-state index contributed by atoms with van der Waals surface area (Å²) in [5.41, 5.74) is 3.82. The number of carbonyl (C=O) groups is 2. The molecule has 8 nitrogen and oxygen atoms in total. The summed E-state index contributed by atoms with van der Waals surface area (Å²) in [6.07, 6.45) is 3.07. The normalized spacial score (nSPS) is 16.0. The Balaban J connectivity index is 1.43. The molecule has 2 atom stereocenters.